The smallest absolute Gasteiger partial charge is 0.420 e. The number of carbonyl (C=O) groups excluding carboxylic acids is 3. The number of amides is 3. The molecule has 0 bridgehead atoms. The van der Waals surface area contributed by atoms with Crippen LogP contribution < -0.4 is 20.7 Å². The normalized spacial score (nSPS) is 18.7. The topological polar surface area (TPSA) is 130 Å². The van der Waals surface area contributed by atoms with Crippen molar-refractivity contribution in [2.45, 2.75) is 50.0 Å². The van der Waals surface area contributed by atoms with Gasteiger partial charge in [-0.2, -0.15) is 13.2 Å². The molecule has 1 aromatic heterocycles. The fourth-order valence-electron chi connectivity index (χ4n) is 3.54. The highest BCUT2D eigenvalue weighted by atomic mass is 19.4. The number of pyridine rings is 1. The average Bonchev–Trinajstić information content (AvgIpc) is 3.44. The van der Waals surface area contributed by atoms with E-state index in [1.807, 2.05) is 0 Å². The van der Waals surface area contributed by atoms with E-state index < -0.39 is 40.7 Å². The van der Waals surface area contributed by atoms with Crippen LogP contribution in [0.3, 0.4) is 0 Å². The molecule has 1 atom stereocenters. The number of nitrogens with zero attached hydrogens (tertiary/aromatic N) is 1. The van der Waals surface area contributed by atoms with Crippen LogP contribution in [-0.2, 0) is 27.1 Å². The minimum absolute atomic E-state index is 0.0317. The number of nitrogens with one attached hydrogen (secondary N) is 3. The number of halogens is 3. The Morgan fingerprint density at radius 1 is 1.24 bits per heavy atom. The predicted molar refractivity (Wildman–Crippen MR) is 111 cm³/mol. The summed E-state index contributed by atoms with van der Waals surface area (Å²) < 4.78 is 44.8. The molecule has 1 aromatic carbocycles. The van der Waals surface area contributed by atoms with Gasteiger partial charge in [0.1, 0.15) is 34.4 Å². The highest BCUT2D eigenvalue weighted by Gasteiger charge is 2.52. The largest absolute Gasteiger partial charge is 0.508 e. The summed E-state index contributed by atoms with van der Waals surface area (Å²) >= 11 is 0. The third-order valence-electron chi connectivity index (χ3n) is 5.58. The third-order valence-corrected chi connectivity index (χ3v) is 5.58. The Bertz CT molecular complexity index is 1120. The predicted octanol–water partition coefficient (Wildman–Crippen LogP) is 2.14. The van der Waals surface area contributed by atoms with Crippen molar-refractivity contribution in [1.29, 1.82) is 0 Å². The lowest BCUT2D eigenvalue weighted by Gasteiger charge is -2.19. The van der Waals surface area contributed by atoms with Gasteiger partial charge in [0, 0.05) is 6.42 Å². The number of phenols is 1. The Kier molecular flexibility index (Phi) is 6.07. The summed E-state index contributed by atoms with van der Waals surface area (Å²) in [4.78, 5) is 40.3. The lowest BCUT2D eigenvalue weighted by Crippen LogP contribution is -2.53. The number of aromatic hydroxyl groups is 1. The molecule has 1 saturated heterocycles. The number of hydrogen-bond acceptors (Lipinski definition) is 6. The summed E-state index contributed by atoms with van der Waals surface area (Å²) in [6, 6.07) is 4.90. The number of carbonyl (C=O) groups is 3. The van der Waals surface area contributed by atoms with Crippen molar-refractivity contribution >= 4 is 17.7 Å². The van der Waals surface area contributed by atoms with Crippen molar-refractivity contribution < 1.29 is 37.4 Å². The molecule has 3 amide bonds. The van der Waals surface area contributed by atoms with Crippen LogP contribution in [0.5, 0.6) is 17.2 Å². The summed E-state index contributed by atoms with van der Waals surface area (Å²) in [6.45, 7) is 0.0317. The molecule has 180 valence electrons. The van der Waals surface area contributed by atoms with E-state index in [-0.39, 0.29) is 30.5 Å². The number of aromatic nitrogens is 1. The van der Waals surface area contributed by atoms with Crippen molar-refractivity contribution in [2.75, 3.05) is 0 Å². The second kappa shape index (κ2) is 8.84. The van der Waals surface area contributed by atoms with Crippen LogP contribution in [0.4, 0.5) is 13.2 Å². The number of rotatable bonds is 7. The van der Waals surface area contributed by atoms with Crippen molar-refractivity contribution in [1.82, 2.24) is 20.9 Å². The Hall–Kier alpha value is -3.83. The summed E-state index contributed by atoms with van der Waals surface area (Å²) in [5, 5.41) is 17.3. The molecule has 2 aromatic rings. The Morgan fingerprint density at radius 2 is 2.00 bits per heavy atom. The van der Waals surface area contributed by atoms with Crippen molar-refractivity contribution in [2.24, 2.45) is 0 Å². The van der Waals surface area contributed by atoms with Gasteiger partial charge in [-0.1, -0.05) is 0 Å². The van der Waals surface area contributed by atoms with Crippen molar-refractivity contribution in [3.8, 4) is 17.2 Å². The van der Waals surface area contributed by atoms with Gasteiger partial charge in [0.15, 0.2) is 0 Å². The van der Waals surface area contributed by atoms with E-state index in [1.54, 1.807) is 0 Å². The lowest BCUT2D eigenvalue weighted by atomic mass is 10.1. The van der Waals surface area contributed by atoms with E-state index in [9.17, 15) is 32.7 Å². The molecule has 2 fully saturated rings. The molecule has 4 N–H and O–H groups in total. The maximum Gasteiger partial charge on any atom is 0.420 e. The monoisotopic (exact) mass is 478 g/mol. The van der Waals surface area contributed by atoms with Gasteiger partial charge < -0.3 is 25.8 Å². The quantitative estimate of drug-likeness (QED) is 0.483. The molecule has 1 unspecified atom stereocenters. The summed E-state index contributed by atoms with van der Waals surface area (Å²) in [5.41, 5.74) is -1.72. The standard InChI is InChI=1S/C22H21F3N4O5/c23-22(24,25)15-9-13(30)2-5-17(15)34-14-3-1-12(26-11-14)10-27-20(33)21(7-8-21)29-19(32)16-4-6-18(31)28-16/h1-3,5,9,11,16,30H,4,6-8,10H2,(H,27,33)(H,28,31)(H,29,32). The van der Waals surface area contributed by atoms with Gasteiger partial charge in [0.25, 0.3) is 0 Å². The van der Waals surface area contributed by atoms with Gasteiger partial charge in [-0.05, 0) is 49.6 Å². The number of hydrogen-bond donors (Lipinski definition) is 4. The summed E-state index contributed by atoms with van der Waals surface area (Å²) in [6.07, 6.45) is -1.91. The molecule has 2 heterocycles. The van der Waals surface area contributed by atoms with Gasteiger partial charge in [0.05, 0.1) is 18.4 Å². The van der Waals surface area contributed by atoms with E-state index in [0.29, 0.717) is 31.0 Å². The first kappa shape index (κ1) is 23.3. The van der Waals surface area contributed by atoms with Gasteiger partial charge in [-0.3, -0.25) is 19.4 Å². The maximum atomic E-state index is 13.2. The van der Waals surface area contributed by atoms with E-state index in [4.69, 9.17) is 4.74 Å². The lowest BCUT2D eigenvalue weighted by molar-refractivity contribution is -0.138. The minimum atomic E-state index is -4.72. The molecule has 1 aliphatic carbocycles. The molecule has 1 saturated carbocycles. The number of ether oxygens (including phenoxy) is 1. The first-order valence-electron chi connectivity index (χ1n) is 10.5. The van der Waals surface area contributed by atoms with Crippen LogP contribution in [0.15, 0.2) is 36.5 Å². The van der Waals surface area contributed by atoms with Crippen molar-refractivity contribution in [3.05, 3.63) is 47.8 Å². The molecule has 34 heavy (non-hydrogen) atoms. The molecule has 9 nitrogen and oxygen atoms in total. The van der Waals surface area contributed by atoms with Gasteiger partial charge in [-0.15, -0.1) is 0 Å². The first-order chi connectivity index (χ1) is 16.1. The van der Waals surface area contributed by atoms with Gasteiger partial charge in [0.2, 0.25) is 17.7 Å². The maximum absolute atomic E-state index is 13.2. The van der Waals surface area contributed by atoms with Crippen LogP contribution in [0, 0.1) is 0 Å². The summed E-state index contributed by atoms with van der Waals surface area (Å²) in [7, 11) is 0. The minimum Gasteiger partial charge on any atom is -0.508 e. The van der Waals surface area contributed by atoms with Crippen LogP contribution in [0.2, 0.25) is 0 Å². The molecule has 0 spiro atoms. The Balaban J connectivity index is 1.33. The molecule has 4 rings (SSSR count). The zero-order chi connectivity index (χ0) is 24.5. The molecular formula is C22H21F3N4O5. The van der Waals surface area contributed by atoms with Crippen LogP contribution in [-0.4, -0.2) is 39.4 Å². The van der Waals surface area contributed by atoms with Gasteiger partial charge in [-0.25, -0.2) is 0 Å². The zero-order valence-electron chi connectivity index (χ0n) is 17.7. The first-order valence-corrected chi connectivity index (χ1v) is 10.5. The van der Waals surface area contributed by atoms with E-state index in [2.05, 4.69) is 20.9 Å². The molecule has 12 heteroatoms. The average molecular weight is 478 g/mol. The SMILES string of the molecule is O=C1CCC(C(=O)NC2(C(=O)NCc3ccc(Oc4ccc(O)cc4C(F)(F)F)cn3)CC2)N1. The highest BCUT2D eigenvalue weighted by Crippen LogP contribution is 2.40. The molecule has 2 aliphatic rings. The van der Waals surface area contributed by atoms with Gasteiger partial charge >= 0.3 is 6.18 Å². The number of phenolic OH excluding ortho intramolecular Hbond substituents is 1. The van der Waals surface area contributed by atoms with Crippen molar-refractivity contribution in [3.63, 3.8) is 0 Å². The van der Waals surface area contributed by atoms with E-state index >= 15 is 0 Å². The van der Waals surface area contributed by atoms with E-state index in [1.165, 1.54) is 18.3 Å². The third kappa shape index (κ3) is 5.21. The van der Waals surface area contributed by atoms with Crippen LogP contribution in [0.1, 0.15) is 36.9 Å². The van der Waals surface area contributed by atoms with Crippen LogP contribution >= 0.6 is 0 Å². The molecule has 0 radical (unpaired) electrons. The second-order valence-corrected chi connectivity index (χ2v) is 8.18. The highest BCUT2D eigenvalue weighted by molar-refractivity contribution is 5.97. The molecular weight excluding hydrogens is 457 g/mol. The fourth-order valence-corrected chi connectivity index (χ4v) is 3.54. The summed E-state index contributed by atoms with van der Waals surface area (Å²) in [5.74, 6) is -1.97. The number of benzene rings is 1. The molecule has 1 aliphatic heterocycles. The van der Waals surface area contributed by atoms with Crippen LogP contribution in [0.25, 0.3) is 0 Å². The Morgan fingerprint density at radius 3 is 2.59 bits per heavy atom. The second-order valence-electron chi connectivity index (χ2n) is 8.18. The zero-order valence-corrected chi connectivity index (χ0v) is 17.7. The number of alkyl halides is 3. The van der Waals surface area contributed by atoms with E-state index in [0.717, 1.165) is 12.1 Å². The Labute approximate surface area is 191 Å². The fraction of sp³-hybridized carbons (Fsp3) is 0.364.